The molecule has 2 heterocycles. The number of nitrogens with zero attached hydrogens (tertiary/aromatic N) is 3. The molecule has 164 valence electrons. The van der Waals surface area contributed by atoms with E-state index in [-0.39, 0.29) is 24.0 Å². The van der Waals surface area contributed by atoms with Gasteiger partial charge in [0.25, 0.3) is 0 Å². The highest BCUT2D eigenvalue weighted by atomic mass is 127. The Labute approximate surface area is 192 Å². The van der Waals surface area contributed by atoms with Crippen molar-refractivity contribution in [3.8, 4) is 5.88 Å². The average Bonchev–Trinajstić information content (AvgIpc) is 3.55. The highest BCUT2D eigenvalue weighted by Gasteiger charge is 2.22. The first kappa shape index (κ1) is 24.1. The molecule has 29 heavy (non-hydrogen) atoms. The van der Waals surface area contributed by atoms with Crippen LogP contribution in [0.25, 0.3) is 0 Å². The summed E-state index contributed by atoms with van der Waals surface area (Å²) in [6, 6.07) is 4.47. The van der Waals surface area contributed by atoms with Crippen LogP contribution in [0.4, 0.5) is 0 Å². The monoisotopic (exact) mass is 517 g/mol. The molecule has 3 rings (SSSR count). The van der Waals surface area contributed by atoms with E-state index < -0.39 is 0 Å². The maximum absolute atomic E-state index is 5.78. The molecule has 0 spiro atoms. The summed E-state index contributed by atoms with van der Waals surface area (Å²) in [6.45, 7) is 8.38. The van der Waals surface area contributed by atoms with Crippen LogP contribution in [0.2, 0.25) is 0 Å². The van der Waals surface area contributed by atoms with Gasteiger partial charge in [-0.1, -0.05) is 0 Å². The summed E-state index contributed by atoms with van der Waals surface area (Å²) in [6.07, 6.45) is 6.63. The molecule has 2 fully saturated rings. The molecular weight excluding hydrogens is 481 g/mol. The van der Waals surface area contributed by atoms with Gasteiger partial charge in [0.1, 0.15) is 0 Å². The maximum atomic E-state index is 5.78. The van der Waals surface area contributed by atoms with Crippen LogP contribution in [0.3, 0.4) is 0 Å². The quantitative estimate of drug-likeness (QED) is 0.283. The van der Waals surface area contributed by atoms with Crippen LogP contribution in [0.5, 0.6) is 5.88 Å². The molecule has 1 aliphatic carbocycles. The molecule has 0 atom stereocenters. The van der Waals surface area contributed by atoms with E-state index in [2.05, 4.69) is 27.4 Å². The summed E-state index contributed by atoms with van der Waals surface area (Å²) in [7, 11) is 1.76. The largest absolute Gasteiger partial charge is 0.477 e. The van der Waals surface area contributed by atoms with E-state index in [1.54, 1.807) is 7.11 Å². The lowest BCUT2D eigenvalue weighted by molar-refractivity contribution is 0.128. The lowest BCUT2D eigenvalue weighted by Gasteiger charge is -2.32. The highest BCUT2D eigenvalue weighted by Crippen LogP contribution is 2.29. The van der Waals surface area contributed by atoms with Gasteiger partial charge in [-0.05, 0) is 50.2 Å². The zero-order valence-corrected chi connectivity index (χ0v) is 20.1. The average molecular weight is 517 g/mol. The second kappa shape index (κ2) is 13.2. The summed E-state index contributed by atoms with van der Waals surface area (Å²) in [5.74, 6) is 2.32. The van der Waals surface area contributed by atoms with Crippen LogP contribution in [0, 0.1) is 5.92 Å². The standard InChI is InChI=1S/C21H35N5O2.HI/c1-3-22-21(25-19-7-10-26(11-8-19)12-13-27-2)24-15-18-6-9-23-20(14-18)28-16-17-4-5-17;/h6,9,14,17,19H,3-5,7-8,10-13,15-16H2,1-2H3,(H2,22,24,25);1H. The van der Waals surface area contributed by atoms with Crippen LogP contribution in [0.1, 0.15) is 38.2 Å². The molecule has 2 aliphatic rings. The van der Waals surface area contributed by atoms with Gasteiger partial charge in [-0.15, -0.1) is 24.0 Å². The molecule has 0 unspecified atom stereocenters. The fraction of sp³-hybridized carbons (Fsp3) is 0.714. The Balaban J connectivity index is 0.00000300. The Bertz CT molecular complexity index is 619. The predicted octanol–water partition coefficient (Wildman–Crippen LogP) is 2.65. The maximum Gasteiger partial charge on any atom is 0.213 e. The summed E-state index contributed by atoms with van der Waals surface area (Å²) >= 11 is 0. The first-order valence-electron chi connectivity index (χ1n) is 10.6. The lowest BCUT2D eigenvalue weighted by Crippen LogP contribution is -2.49. The molecule has 7 nitrogen and oxygen atoms in total. The van der Waals surface area contributed by atoms with Crippen LogP contribution in [-0.2, 0) is 11.3 Å². The third-order valence-corrected chi connectivity index (χ3v) is 5.27. The summed E-state index contributed by atoms with van der Waals surface area (Å²) in [5.41, 5.74) is 1.12. The number of rotatable bonds is 10. The number of ether oxygens (including phenoxy) is 2. The van der Waals surface area contributed by atoms with Gasteiger partial charge in [0.15, 0.2) is 5.96 Å². The van der Waals surface area contributed by atoms with Crippen molar-refractivity contribution >= 4 is 29.9 Å². The summed E-state index contributed by atoms with van der Waals surface area (Å²) in [5, 5.41) is 6.97. The van der Waals surface area contributed by atoms with Crippen LogP contribution >= 0.6 is 24.0 Å². The molecule has 1 aromatic rings. The normalized spacial score (nSPS) is 18.2. The molecule has 8 heteroatoms. The number of methoxy groups -OCH3 is 1. The Morgan fingerprint density at radius 1 is 1.28 bits per heavy atom. The van der Waals surface area contributed by atoms with E-state index in [4.69, 9.17) is 14.5 Å². The SMILES string of the molecule is CCNC(=NCc1ccnc(OCC2CC2)c1)NC1CCN(CCOC)CC1.I. The van der Waals surface area contributed by atoms with Crippen LogP contribution in [-0.4, -0.2) is 68.4 Å². The number of halogens is 1. The minimum Gasteiger partial charge on any atom is -0.477 e. The van der Waals surface area contributed by atoms with Crippen molar-refractivity contribution < 1.29 is 9.47 Å². The van der Waals surface area contributed by atoms with Crippen LogP contribution < -0.4 is 15.4 Å². The number of aromatic nitrogens is 1. The van der Waals surface area contributed by atoms with E-state index in [9.17, 15) is 0 Å². The number of guanidine groups is 1. The number of pyridine rings is 1. The molecule has 0 radical (unpaired) electrons. The molecule has 1 saturated heterocycles. The molecule has 0 amide bonds. The summed E-state index contributed by atoms with van der Waals surface area (Å²) < 4.78 is 11.0. The van der Waals surface area contributed by atoms with E-state index in [0.29, 0.717) is 18.5 Å². The Kier molecular flexibility index (Phi) is 11.0. The van der Waals surface area contributed by atoms with E-state index in [1.807, 2.05) is 18.3 Å². The van der Waals surface area contributed by atoms with Gasteiger partial charge in [0.2, 0.25) is 5.88 Å². The van der Waals surface area contributed by atoms with Crippen molar-refractivity contribution in [1.82, 2.24) is 20.5 Å². The third kappa shape index (κ3) is 9.04. The fourth-order valence-electron chi connectivity index (χ4n) is 3.32. The number of nitrogens with one attached hydrogen (secondary N) is 2. The van der Waals surface area contributed by atoms with Crippen LogP contribution in [0.15, 0.2) is 23.3 Å². The molecule has 1 aliphatic heterocycles. The predicted molar refractivity (Wildman–Crippen MR) is 127 cm³/mol. The third-order valence-electron chi connectivity index (χ3n) is 5.27. The minimum absolute atomic E-state index is 0. The smallest absolute Gasteiger partial charge is 0.213 e. The second-order valence-corrected chi connectivity index (χ2v) is 7.70. The van der Waals surface area contributed by atoms with Crippen molar-refractivity contribution in [2.45, 2.75) is 45.2 Å². The van der Waals surface area contributed by atoms with Crippen molar-refractivity contribution in [1.29, 1.82) is 0 Å². The van der Waals surface area contributed by atoms with Gasteiger partial charge >= 0.3 is 0 Å². The molecule has 2 N–H and O–H groups in total. The molecule has 1 saturated carbocycles. The number of hydrogen-bond acceptors (Lipinski definition) is 5. The van der Waals surface area contributed by atoms with Gasteiger partial charge in [0.05, 0.1) is 19.8 Å². The van der Waals surface area contributed by atoms with Gasteiger partial charge in [-0.2, -0.15) is 0 Å². The van der Waals surface area contributed by atoms with Gasteiger partial charge in [-0.3, -0.25) is 0 Å². The first-order chi connectivity index (χ1) is 13.8. The van der Waals surface area contributed by atoms with Gasteiger partial charge in [-0.25, -0.2) is 9.98 Å². The van der Waals surface area contributed by atoms with Crippen molar-refractivity contribution in [3.63, 3.8) is 0 Å². The number of likely N-dealkylation sites (tertiary alicyclic amines) is 1. The zero-order chi connectivity index (χ0) is 19.6. The van der Waals surface area contributed by atoms with Gasteiger partial charge < -0.3 is 25.0 Å². The fourth-order valence-corrected chi connectivity index (χ4v) is 3.32. The molecular formula is C21H36IN5O2. The highest BCUT2D eigenvalue weighted by molar-refractivity contribution is 14.0. The summed E-state index contributed by atoms with van der Waals surface area (Å²) in [4.78, 5) is 11.5. The number of piperidine rings is 1. The van der Waals surface area contributed by atoms with Crippen molar-refractivity contribution in [2.24, 2.45) is 10.9 Å². The molecule has 0 aromatic carbocycles. The minimum atomic E-state index is 0. The van der Waals surface area contributed by atoms with Gasteiger partial charge in [0, 0.05) is 51.6 Å². The number of aliphatic imine (C=N–C) groups is 1. The van der Waals surface area contributed by atoms with E-state index in [0.717, 1.165) is 69.7 Å². The van der Waals surface area contributed by atoms with Crippen molar-refractivity contribution in [3.05, 3.63) is 23.9 Å². The zero-order valence-electron chi connectivity index (χ0n) is 17.7. The molecule has 0 bridgehead atoms. The first-order valence-corrected chi connectivity index (χ1v) is 10.6. The number of hydrogen-bond donors (Lipinski definition) is 2. The Hall–Kier alpha value is -1.13. The molecule has 1 aromatic heterocycles. The van der Waals surface area contributed by atoms with E-state index in [1.165, 1.54) is 12.8 Å². The Morgan fingerprint density at radius 3 is 2.76 bits per heavy atom. The Morgan fingerprint density at radius 2 is 2.07 bits per heavy atom. The van der Waals surface area contributed by atoms with Crippen molar-refractivity contribution in [2.75, 3.05) is 46.5 Å². The topological polar surface area (TPSA) is 71.0 Å². The lowest BCUT2D eigenvalue weighted by atomic mass is 10.1. The van der Waals surface area contributed by atoms with E-state index >= 15 is 0 Å². The second-order valence-electron chi connectivity index (χ2n) is 7.70.